The number of hydrogen-bond acceptors (Lipinski definition) is 4. The van der Waals surface area contributed by atoms with Crippen molar-refractivity contribution in [2.24, 2.45) is 11.7 Å². The molecule has 1 fully saturated rings. The van der Waals surface area contributed by atoms with Crippen molar-refractivity contribution in [2.75, 3.05) is 19.1 Å². The molecule has 2 N–H and O–H groups in total. The summed E-state index contributed by atoms with van der Waals surface area (Å²) in [5.74, 6) is 4.09. The maximum atomic E-state index is 12.1. The summed E-state index contributed by atoms with van der Waals surface area (Å²) in [5, 5.41) is 0. The van der Waals surface area contributed by atoms with Gasteiger partial charge < -0.3 is 15.1 Å². The van der Waals surface area contributed by atoms with Gasteiger partial charge in [-0.1, -0.05) is 6.92 Å². The first kappa shape index (κ1) is 15.4. The number of likely N-dealkylation sites (N-methyl/N-ethyl adjacent to an activating group) is 1. The van der Waals surface area contributed by atoms with Crippen molar-refractivity contribution in [3.05, 3.63) is 23.7 Å². The van der Waals surface area contributed by atoms with Crippen LogP contribution < -0.4 is 5.73 Å². The third kappa shape index (κ3) is 3.79. The Morgan fingerprint density at radius 1 is 1.60 bits per heavy atom. The maximum absolute atomic E-state index is 12.1. The summed E-state index contributed by atoms with van der Waals surface area (Å²) in [4.78, 5) is 13.8. The van der Waals surface area contributed by atoms with E-state index in [9.17, 15) is 4.79 Å². The molecule has 112 valence electrons. The maximum Gasteiger partial charge on any atom is 0.239 e. The van der Waals surface area contributed by atoms with Crippen molar-refractivity contribution >= 4 is 17.7 Å². The molecular weight excluding hydrogens is 272 g/mol. The highest BCUT2D eigenvalue weighted by Gasteiger charge is 2.36. The van der Waals surface area contributed by atoms with E-state index < -0.39 is 6.04 Å². The van der Waals surface area contributed by atoms with Gasteiger partial charge in [0, 0.05) is 13.0 Å². The summed E-state index contributed by atoms with van der Waals surface area (Å²) in [6.07, 6.45) is 3.94. The van der Waals surface area contributed by atoms with Gasteiger partial charge in [-0.15, -0.1) is 0 Å². The van der Waals surface area contributed by atoms with Crippen LogP contribution in [-0.4, -0.2) is 35.9 Å². The van der Waals surface area contributed by atoms with Gasteiger partial charge in [0.05, 0.1) is 12.6 Å². The number of rotatable bonds is 7. The lowest BCUT2D eigenvalue weighted by Gasteiger charge is -2.20. The second-order valence-electron chi connectivity index (χ2n) is 5.71. The van der Waals surface area contributed by atoms with Crippen molar-refractivity contribution in [3.8, 4) is 0 Å². The zero-order valence-corrected chi connectivity index (χ0v) is 13.3. The van der Waals surface area contributed by atoms with Crippen molar-refractivity contribution in [3.63, 3.8) is 0 Å². The van der Waals surface area contributed by atoms with Crippen LogP contribution in [0.25, 0.3) is 0 Å². The van der Waals surface area contributed by atoms with Crippen LogP contribution in [0, 0.1) is 5.92 Å². The first-order valence-electron chi connectivity index (χ1n) is 7.11. The quantitative estimate of drug-likeness (QED) is 0.839. The summed E-state index contributed by atoms with van der Waals surface area (Å²) in [6.45, 7) is 2.72. The summed E-state index contributed by atoms with van der Waals surface area (Å²) >= 11 is 1.71. The number of carbonyl (C=O) groups excluding carboxylic acids is 1. The summed E-state index contributed by atoms with van der Waals surface area (Å²) in [6, 6.07) is 3.60. The van der Waals surface area contributed by atoms with Crippen LogP contribution in [0.4, 0.5) is 0 Å². The molecule has 0 aliphatic heterocycles. The van der Waals surface area contributed by atoms with Gasteiger partial charge in [0.2, 0.25) is 5.91 Å². The number of carbonyl (C=O) groups is 1. The number of amides is 1. The Kier molecular flexibility index (Phi) is 5.16. The molecule has 1 aromatic heterocycles. The topological polar surface area (TPSA) is 59.5 Å². The average molecular weight is 296 g/mol. The first-order chi connectivity index (χ1) is 9.52. The van der Waals surface area contributed by atoms with Crippen molar-refractivity contribution in [2.45, 2.75) is 38.3 Å². The normalized spacial score (nSPS) is 22.6. The van der Waals surface area contributed by atoms with Gasteiger partial charge in [0.15, 0.2) is 0 Å². The molecule has 4 nitrogen and oxygen atoms in total. The molecule has 2 rings (SSSR count). The van der Waals surface area contributed by atoms with Crippen molar-refractivity contribution in [1.82, 2.24) is 4.90 Å². The van der Waals surface area contributed by atoms with Crippen LogP contribution in [0.1, 0.15) is 37.2 Å². The molecule has 1 aromatic rings. The molecule has 0 spiro atoms. The molecule has 20 heavy (non-hydrogen) atoms. The Bertz CT molecular complexity index is 460. The van der Waals surface area contributed by atoms with Gasteiger partial charge in [0.1, 0.15) is 11.5 Å². The van der Waals surface area contributed by atoms with Crippen LogP contribution in [0.2, 0.25) is 0 Å². The highest BCUT2D eigenvalue weighted by molar-refractivity contribution is 7.98. The molecule has 1 saturated carbocycles. The van der Waals surface area contributed by atoms with Crippen LogP contribution in [0.3, 0.4) is 0 Å². The van der Waals surface area contributed by atoms with Crippen molar-refractivity contribution < 1.29 is 9.21 Å². The Hall–Kier alpha value is -0.940. The molecule has 2 unspecified atom stereocenters. The molecule has 5 heteroatoms. The lowest BCUT2D eigenvalue weighted by Crippen LogP contribution is -2.41. The SMILES string of the molecule is CSCC[C@@H](N)C(=O)N(C)Cc1ccc(C2CC2C)o1. The lowest BCUT2D eigenvalue weighted by molar-refractivity contribution is -0.132. The van der Waals surface area contributed by atoms with Crippen LogP contribution in [-0.2, 0) is 11.3 Å². The average Bonchev–Trinajstić information content (AvgIpc) is 2.98. The standard InChI is InChI=1S/C15H24N2O2S/c1-10-8-12(10)14-5-4-11(19-14)9-17(2)15(18)13(16)6-7-20-3/h4-5,10,12-13H,6-9,16H2,1-3H3/t10?,12?,13-/m1/s1. The van der Waals surface area contributed by atoms with Crippen LogP contribution in [0.5, 0.6) is 0 Å². The van der Waals surface area contributed by atoms with E-state index in [1.165, 1.54) is 6.42 Å². The molecule has 1 aliphatic carbocycles. The van der Waals surface area contributed by atoms with E-state index in [0.717, 1.165) is 23.2 Å². The van der Waals surface area contributed by atoms with Gasteiger partial charge in [-0.3, -0.25) is 4.79 Å². The van der Waals surface area contributed by atoms with Gasteiger partial charge >= 0.3 is 0 Å². The zero-order chi connectivity index (χ0) is 14.7. The third-order valence-electron chi connectivity index (χ3n) is 3.88. The van der Waals surface area contributed by atoms with E-state index in [-0.39, 0.29) is 5.91 Å². The van der Waals surface area contributed by atoms with Crippen molar-refractivity contribution in [1.29, 1.82) is 0 Å². The number of hydrogen-bond donors (Lipinski definition) is 1. The van der Waals surface area contributed by atoms with E-state index in [2.05, 4.69) is 6.92 Å². The molecule has 3 atom stereocenters. The fourth-order valence-corrected chi connectivity index (χ4v) is 2.85. The molecule has 0 bridgehead atoms. The predicted octanol–water partition coefficient (Wildman–Crippen LogP) is 2.44. The lowest BCUT2D eigenvalue weighted by atomic mass is 10.2. The zero-order valence-electron chi connectivity index (χ0n) is 12.5. The molecule has 1 aliphatic rings. The fourth-order valence-electron chi connectivity index (χ4n) is 2.36. The number of furan rings is 1. The fraction of sp³-hybridized carbons (Fsp3) is 0.667. The van der Waals surface area contributed by atoms with Crippen LogP contribution in [0.15, 0.2) is 16.5 Å². The molecule has 0 saturated heterocycles. The first-order valence-corrected chi connectivity index (χ1v) is 8.50. The largest absolute Gasteiger partial charge is 0.464 e. The Labute approximate surface area is 125 Å². The van der Waals surface area contributed by atoms with Gasteiger partial charge in [-0.2, -0.15) is 11.8 Å². The second kappa shape index (κ2) is 6.68. The second-order valence-corrected chi connectivity index (χ2v) is 6.69. The van der Waals surface area contributed by atoms with E-state index in [4.69, 9.17) is 10.2 Å². The third-order valence-corrected chi connectivity index (χ3v) is 4.52. The monoisotopic (exact) mass is 296 g/mol. The Balaban J connectivity index is 1.85. The Morgan fingerprint density at radius 2 is 2.30 bits per heavy atom. The van der Waals surface area contributed by atoms with E-state index in [1.807, 2.05) is 18.4 Å². The van der Waals surface area contributed by atoms with Gasteiger partial charge in [0.25, 0.3) is 0 Å². The van der Waals surface area contributed by atoms with E-state index in [0.29, 0.717) is 18.9 Å². The molecular formula is C15H24N2O2S. The Morgan fingerprint density at radius 3 is 2.90 bits per heavy atom. The highest BCUT2D eigenvalue weighted by atomic mass is 32.2. The molecule has 1 amide bonds. The molecule has 0 radical (unpaired) electrons. The van der Waals surface area contributed by atoms with Gasteiger partial charge in [-0.25, -0.2) is 0 Å². The minimum Gasteiger partial charge on any atom is -0.464 e. The number of thioether (sulfide) groups is 1. The highest BCUT2D eigenvalue weighted by Crippen LogP contribution is 2.47. The predicted molar refractivity (Wildman–Crippen MR) is 82.7 cm³/mol. The minimum atomic E-state index is -0.412. The summed E-state index contributed by atoms with van der Waals surface area (Å²) < 4.78 is 5.82. The minimum absolute atomic E-state index is 0.0169. The summed E-state index contributed by atoms with van der Waals surface area (Å²) in [5.41, 5.74) is 5.90. The number of nitrogens with zero attached hydrogens (tertiary/aromatic N) is 1. The van der Waals surface area contributed by atoms with E-state index >= 15 is 0 Å². The smallest absolute Gasteiger partial charge is 0.239 e. The molecule has 0 aromatic carbocycles. The number of nitrogens with two attached hydrogens (primary N) is 1. The van der Waals surface area contributed by atoms with Crippen LogP contribution >= 0.6 is 11.8 Å². The molecule has 1 heterocycles. The van der Waals surface area contributed by atoms with Gasteiger partial charge in [-0.05, 0) is 42.9 Å². The summed E-state index contributed by atoms with van der Waals surface area (Å²) in [7, 11) is 1.78. The van der Waals surface area contributed by atoms with E-state index in [1.54, 1.807) is 23.7 Å².